The van der Waals surface area contributed by atoms with Gasteiger partial charge in [0.1, 0.15) is 0 Å². The molecule has 110 valence electrons. The molecule has 2 aliphatic carbocycles. The maximum Gasteiger partial charge on any atom is 0.0957 e. The van der Waals surface area contributed by atoms with E-state index in [1.165, 1.54) is 60.5 Å². The maximum atomic E-state index is 5.87. The lowest BCUT2D eigenvalue weighted by Crippen LogP contribution is -2.21. The molecule has 1 aliphatic heterocycles. The summed E-state index contributed by atoms with van der Waals surface area (Å²) in [6.45, 7) is 1.99. The predicted octanol–water partition coefficient (Wildman–Crippen LogP) is 3.38. The Morgan fingerprint density at radius 3 is 2.75 bits per heavy atom. The van der Waals surface area contributed by atoms with Crippen LogP contribution in [0.4, 0.5) is 0 Å². The molecule has 1 atom stereocenters. The van der Waals surface area contributed by atoms with Crippen LogP contribution in [0.3, 0.4) is 0 Å². The SMILES string of the molecule is C1CCC(Cc2nc(C3CC3)c(CNC3CC3)s2)OC1. The van der Waals surface area contributed by atoms with Crippen LogP contribution in [0.1, 0.15) is 66.4 Å². The van der Waals surface area contributed by atoms with E-state index in [0.29, 0.717) is 6.10 Å². The van der Waals surface area contributed by atoms with E-state index in [2.05, 4.69) is 5.32 Å². The second kappa shape index (κ2) is 5.74. The van der Waals surface area contributed by atoms with Crippen LogP contribution in [0.5, 0.6) is 0 Å². The summed E-state index contributed by atoms with van der Waals surface area (Å²) in [5, 5.41) is 4.96. The highest BCUT2D eigenvalue weighted by Crippen LogP contribution is 2.43. The summed E-state index contributed by atoms with van der Waals surface area (Å²) in [6, 6.07) is 0.786. The first kappa shape index (κ1) is 13.2. The third-order valence-electron chi connectivity index (χ3n) is 4.54. The molecule has 3 nitrogen and oxygen atoms in total. The number of thiazole rings is 1. The highest BCUT2D eigenvalue weighted by molar-refractivity contribution is 7.11. The first-order chi connectivity index (χ1) is 9.88. The van der Waals surface area contributed by atoms with E-state index in [1.807, 2.05) is 11.3 Å². The van der Waals surface area contributed by atoms with E-state index in [-0.39, 0.29) is 0 Å². The fraction of sp³-hybridized carbons (Fsp3) is 0.812. The summed E-state index contributed by atoms with van der Waals surface area (Å²) in [6.07, 6.45) is 10.6. The van der Waals surface area contributed by atoms with Gasteiger partial charge in [0.25, 0.3) is 0 Å². The van der Waals surface area contributed by atoms with Crippen LogP contribution in [0, 0.1) is 0 Å². The first-order valence-corrected chi connectivity index (χ1v) is 9.03. The normalized spacial score (nSPS) is 26.9. The molecule has 0 radical (unpaired) electrons. The van der Waals surface area contributed by atoms with Crippen LogP contribution < -0.4 is 5.32 Å². The van der Waals surface area contributed by atoms with Crippen molar-refractivity contribution in [2.75, 3.05) is 6.61 Å². The number of hydrogen-bond donors (Lipinski definition) is 1. The number of aromatic nitrogens is 1. The molecule has 2 heterocycles. The minimum Gasteiger partial charge on any atom is -0.378 e. The summed E-state index contributed by atoms with van der Waals surface area (Å²) in [5.74, 6) is 0.767. The largest absolute Gasteiger partial charge is 0.378 e. The van der Waals surface area contributed by atoms with Gasteiger partial charge in [-0.2, -0.15) is 0 Å². The topological polar surface area (TPSA) is 34.2 Å². The molecule has 1 saturated heterocycles. The van der Waals surface area contributed by atoms with Gasteiger partial charge in [-0.15, -0.1) is 11.3 Å². The lowest BCUT2D eigenvalue weighted by atomic mass is 10.1. The summed E-state index contributed by atoms with van der Waals surface area (Å²) in [5.41, 5.74) is 1.41. The van der Waals surface area contributed by atoms with Gasteiger partial charge in [0.2, 0.25) is 0 Å². The quantitative estimate of drug-likeness (QED) is 0.872. The molecule has 20 heavy (non-hydrogen) atoms. The summed E-state index contributed by atoms with van der Waals surface area (Å²) < 4.78 is 5.87. The van der Waals surface area contributed by atoms with Crippen molar-refractivity contribution in [3.63, 3.8) is 0 Å². The molecule has 1 N–H and O–H groups in total. The predicted molar refractivity (Wildman–Crippen MR) is 81.2 cm³/mol. The molecule has 1 aromatic heterocycles. The van der Waals surface area contributed by atoms with E-state index in [0.717, 1.165) is 31.5 Å². The zero-order valence-corrected chi connectivity index (χ0v) is 12.9. The Hall–Kier alpha value is -0.450. The zero-order chi connectivity index (χ0) is 13.4. The Bertz CT molecular complexity index is 459. The highest BCUT2D eigenvalue weighted by Gasteiger charge is 2.31. The Balaban J connectivity index is 1.43. The average Bonchev–Trinajstić information content (AvgIpc) is 3.38. The van der Waals surface area contributed by atoms with Gasteiger partial charge in [0, 0.05) is 36.4 Å². The summed E-state index contributed by atoms with van der Waals surface area (Å²) in [7, 11) is 0. The Morgan fingerprint density at radius 2 is 2.05 bits per heavy atom. The fourth-order valence-electron chi connectivity index (χ4n) is 2.99. The van der Waals surface area contributed by atoms with Crippen molar-refractivity contribution in [3.8, 4) is 0 Å². The van der Waals surface area contributed by atoms with Crippen LogP contribution in [-0.4, -0.2) is 23.7 Å². The van der Waals surface area contributed by atoms with Gasteiger partial charge in [-0.3, -0.25) is 0 Å². The Kier molecular flexibility index (Phi) is 3.80. The molecule has 1 aromatic rings. The molecule has 3 aliphatic rings. The minimum absolute atomic E-state index is 0.422. The van der Waals surface area contributed by atoms with Gasteiger partial charge in [0.15, 0.2) is 0 Å². The van der Waals surface area contributed by atoms with Gasteiger partial charge in [-0.05, 0) is 44.9 Å². The van der Waals surface area contributed by atoms with Crippen molar-refractivity contribution in [1.29, 1.82) is 0 Å². The van der Waals surface area contributed by atoms with Gasteiger partial charge < -0.3 is 10.1 Å². The molecule has 0 amide bonds. The van der Waals surface area contributed by atoms with Crippen molar-refractivity contribution in [2.45, 2.75) is 76.0 Å². The van der Waals surface area contributed by atoms with Gasteiger partial charge >= 0.3 is 0 Å². The summed E-state index contributed by atoms with van der Waals surface area (Å²) >= 11 is 1.94. The van der Waals surface area contributed by atoms with Crippen molar-refractivity contribution >= 4 is 11.3 Å². The number of nitrogens with zero attached hydrogens (tertiary/aromatic N) is 1. The van der Waals surface area contributed by atoms with E-state index >= 15 is 0 Å². The van der Waals surface area contributed by atoms with Crippen LogP contribution in [0.25, 0.3) is 0 Å². The van der Waals surface area contributed by atoms with Crippen molar-refractivity contribution in [3.05, 3.63) is 15.6 Å². The number of hydrogen-bond acceptors (Lipinski definition) is 4. The molecule has 3 fully saturated rings. The molecule has 4 heteroatoms. The van der Waals surface area contributed by atoms with Crippen molar-refractivity contribution < 1.29 is 4.74 Å². The van der Waals surface area contributed by atoms with E-state index < -0.39 is 0 Å². The minimum atomic E-state index is 0.422. The zero-order valence-electron chi connectivity index (χ0n) is 12.1. The third-order valence-corrected chi connectivity index (χ3v) is 5.63. The average molecular weight is 292 g/mol. The standard InChI is InChI=1S/C16H24N2OS/c1-2-8-19-13(3-1)9-15-18-16(11-4-5-11)14(20-15)10-17-12-6-7-12/h11-13,17H,1-10H2. The number of rotatable bonds is 6. The lowest BCUT2D eigenvalue weighted by molar-refractivity contribution is 0.0167. The van der Waals surface area contributed by atoms with Gasteiger partial charge in [0.05, 0.1) is 16.8 Å². The molecule has 4 rings (SSSR count). The van der Waals surface area contributed by atoms with E-state index in [1.54, 1.807) is 0 Å². The first-order valence-electron chi connectivity index (χ1n) is 8.22. The van der Waals surface area contributed by atoms with E-state index in [4.69, 9.17) is 9.72 Å². The smallest absolute Gasteiger partial charge is 0.0957 e. The lowest BCUT2D eigenvalue weighted by Gasteiger charge is -2.21. The monoisotopic (exact) mass is 292 g/mol. The summed E-state index contributed by atoms with van der Waals surface area (Å²) in [4.78, 5) is 6.47. The van der Waals surface area contributed by atoms with Crippen LogP contribution >= 0.6 is 11.3 Å². The molecular weight excluding hydrogens is 268 g/mol. The maximum absolute atomic E-state index is 5.87. The molecule has 0 spiro atoms. The molecule has 0 aromatic carbocycles. The van der Waals surface area contributed by atoms with Crippen molar-refractivity contribution in [1.82, 2.24) is 10.3 Å². The van der Waals surface area contributed by atoms with Crippen LogP contribution in [-0.2, 0) is 17.7 Å². The number of nitrogens with one attached hydrogen (secondary N) is 1. The fourth-order valence-corrected chi connectivity index (χ4v) is 4.16. The molecular formula is C16H24N2OS. The van der Waals surface area contributed by atoms with Crippen LogP contribution in [0.2, 0.25) is 0 Å². The van der Waals surface area contributed by atoms with Gasteiger partial charge in [-0.25, -0.2) is 4.98 Å². The second-order valence-electron chi connectivity index (χ2n) is 6.54. The Morgan fingerprint density at radius 1 is 1.15 bits per heavy atom. The van der Waals surface area contributed by atoms with Crippen molar-refractivity contribution in [2.24, 2.45) is 0 Å². The third kappa shape index (κ3) is 3.23. The molecule has 2 saturated carbocycles. The van der Waals surface area contributed by atoms with Gasteiger partial charge in [-0.1, -0.05) is 0 Å². The van der Waals surface area contributed by atoms with Crippen LogP contribution in [0.15, 0.2) is 0 Å². The second-order valence-corrected chi connectivity index (χ2v) is 7.71. The van der Waals surface area contributed by atoms with E-state index in [9.17, 15) is 0 Å². The number of ether oxygens (including phenoxy) is 1. The molecule has 1 unspecified atom stereocenters. The highest BCUT2D eigenvalue weighted by atomic mass is 32.1. The molecule has 0 bridgehead atoms. The Labute approximate surface area is 125 Å².